The van der Waals surface area contributed by atoms with E-state index in [1.165, 1.54) is 22.2 Å². The van der Waals surface area contributed by atoms with Gasteiger partial charge in [-0.15, -0.1) is 12.4 Å². The summed E-state index contributed by atoms with van der Waals surface area (Å²) >= 11 is 12.4. The second-order valence-corrected chi connectivity index (χ2v) is 7.26. The molecule has 7 heteroatoms. The number of hydrogen-bond acceptors (Lipinski definition) is 3. The van der Waals surface area contributed by atoms with Crippen molar-refractivity contribution < 1.29 is 9.84 Å². The van der Waals surface area contributed by atoms with E-state index in [1.807, 2.05) is 12.1 Å². The summed E-state index contributed by atoms with van der Waals surface area (Å²) in [6.07, 6.45) is 0. The Labute approximate surface area is 181 Å². The molecule has 4 nitrogen and oxygen atoms in total. The Hall–Kier alpha value is -1.27. The number of nitrogens with zero attached hydrogens (tertiary/aromatic N) is 1. The molecular weight excluding hydrogens is 419 g/mol. The molecule has 0 saturated carbocycles. The molecule has 2 aromatic carbocycles. The van der Waals surface area contributed by atoms with Crippen LogP contribution in [-0.2, 0) is 17.8 Å². The standard InChI is InChI=1S/C21H24Cl2N2O2.ClH/c1-15-19(13-24-8-10-27-11-9-26)18-4-2-3-5-21(18)25(15)14-16-6-7-17(22)12-20(16)23;/h2-7,12,24,26H,8-11,13-14H2,1H3;1H. The van der Waals surface area contributed by atoms with Crippen molar-refractivity contribution in [3.05, 3.63) is 69.3 Å². The average molecular weight is 444 g/mol. The molecule has 3 rings (SSSR count). The highest BCUT2D eigenvalue weighted by atomic mass is 35.5. The fourth-order valence-corrected chi connectivity index (χ4v) is 3.74. The van der Waals surface area contributed by atoms with Crippen molar-refractivity contribution in [2.75, 3.05) is 26.4 Å². The number of hydrogen-bond donors (Lipinski definition) is 2. The molecule has 0 bridgehead atoms. The molecule has 0 saturated heterocycles. The molecule has 3 aromatic rings. The van der Waals surface area contributed by atoms with Crippen molar-refractivity contribution in [2.45, 2.75) is 20.0 Å². The highest BCUT2D eigenvalue weighted by Gasteiger charge is 2.14. The molecule has 1 heterocycles. The van der Waals surface area contributed by atoms with Gasteiger partial charge in [0.05, 0.1) is 19.8 Å². The predicted octanol–water partition coefficient (Wildman–Crippen LogP) is 4.83. The second kappa shape index (κ2) is 11.1. The van der Waals surface area contributed by atoms with Crippen LogP contribution in [-0.4, -0.2) is 36.0 Å². The molecule has 0 aliphatic carbocycles. The summed E-state index contributed by atoms with van der Waals surface area (Å²) in [6, 6.07) is 14.1. The fourth-order valence-electron chi connectivity index (χ4n) is 3.27. The summed E-state index contributed by atoms with van der Waals surface area (Å²) in [7, 11) is 0. The van der Waals surface area contributed by atoms with E-state index in [0.29, 0.717) is 29.8 Å². The highest BCUT2D eigenvalue weighted by molar-refractivity contribution is 6.35. The van der Waals surface area contributed by atoms with E-state index in [0.717, 1.165) is 18.7 Å². The molecular formula is C21H25Cl3N2O2. The number of fused-ring (bicyclic) bond motifs is 1. The number of para-hydroxylation sites is 1. The van der Waals surface area contributed by atoms with Crippen molar-refractivity contribution in [2.24, 2.45) is 0 Å². The monoisotopic (exact) mass is 442 g/mol. The number of aromatic nitrogens is 1. The number of halogens is 3. The van der Waals surface area contributed by atoms with Crippen molar-refractivity contribution >= 4 is 46.5 Å². The summed E-state index contributed by atoms with van der Waals surface area (Å²) in [6.45, 7) is 5.35. The molecule has 0 fully saturated rings. The first-order valence-electron chi connectivity index (χ1n) is 9.01. The second-order valence-electron chi connectivity index (χ2n) is 6.42. The minimum absolute atomic E-state index is 0. The van der Waals surface area contributed by atoms with Gasteiger partial charge in [-0.3, -0.25) is 0 Å². The third-order valence-electron chi connectivity index (χ3n) is 4.67. The van der Waals surface area contributed by atoms with Crippen molar-refractivity contribution in [3.8, 4) is 0 Å². The number of ether oxygens (including phenoxy) is 1. The van der Waals surface area contributed by atoms with Crippen LogP contribution in [0.4, 0.5) is 0 Å². The average Bonchev–Trinajstić information content (AvgIpc) is 2.92. The summed E-state index contributed by atoms with van der Waals surface area (Å²) in [5.41, 5.74) is 4.72. The predicted molar refractivity (Wildman–Crippen MR) is 119 cm³/mol. The molecule has 0 amide bonds. The maximum atomic E-state index is 8.75. The zero-order valence-electron chi connectivity index (χ0n) is 15.8. The Morgan fingerprint density at radius 3 is 2.64 bits per heavy atom. The van der Waals surface area contributed by atoms with Crippen LogP contribution in [0.15, 0.2) is 42.5 Å². The Morgan fingerprint density at radius 1 is 1.11 bits per heavy atom. The van der Waals surface area contributed by atoms with E-state index >= 15 is 0 Å². The lowest BCUT2D eigenvalue weighted by Crippen LogP contribution is -2.20. The Bertz CT molecular complexity index is 912. The maximum absolute atomic E-state index is 8.75. The van der Waals surface area contributed by atoms with Gasteiger partial charge in [0.25, 0.3) is 0 Å². The zero-order valence-corrected chi connectivity index (χ0v) is 18.1. The maximum Gasteiger partial charge on any atom is 0.0698 e. The van der Waals surface area contributed by atoms with Gasteiger partial charge in [-0.1, -0.05) is 47.5 Å². The van der Waals surface area contributed by atoms with Crippen LogP contribution >= 0.6 is 35.6 Å². The van der Waals surface area contributed by atoms with E-state index in [-0.39, 0.29) is 19.0 Å². The first-order chi connectivity index (χ1) is 13.1. The summed E-state index contributed by atoms with van der Waals surface area (Å²) in [4.78, 5) is 0. The van der Waals surface area contributed by atoms with E-state index in [1.54, 1.807) is 6.07 Å². The van der Waals surface area contributed by atoms with Gasteiger partial charge in [0, 0.05) is 46.3 Å². The minimum Gasteiger partial charge on any atom is -0.394 e. The van der Waals surface area contributed by atoms with Crippen LogP contribution in [0.2, 0.25) is 10.0 Å². The number of nitrogens with one attached hydrogen (secondary N) is 1. The normalized spacial score (nSPS) is 11.0. The van der Waals surface area contributed by atoms with Crippen molar-refractivity contribution in [3.63, 3.8) is 0 Å². The van der Waals surface area contributed by atoms with Crippen molar-refractivity contribution in [1.29, 1.82) is 0 Å². The van der Waals surface area contributed by atoms with Crippen molar-refractivity contribution in [1.82, 2.24) is 9.88 Å². The van der Waals surface area contributed by atoms with E-state index in [2.05, 4.69) is 41.1 Å². The van der Waals surface area contributed by atoms with Gasteiger partial charge in [-0.05, 0) is 36.2 Å². The molecule has 1 aromatic heterocycles. The third kappa shape index (κ3) is 5.41. The molecule has 2 N–H and O–H groups in total. The van der Waals surface area contributed by atoms with Gasteiger partial charge in [-0.2, -0.15) is 0 Å². The van der Waals surface area contributed by atoms with E-state index in [4.69, 9.17) is 33.0 Å². The van der Waals surface area contributed by atoms with Gasteiger partial charge < -0.3 is 19.7 Å². The first-order valence-corrected chi connectivity index (χ1v) is 9.77. The largest absolute Gasteiger partial charge is 0.394 e. The molecule has 0 aliphatic heterocycles. The van der Waals surface area contributed by atoms with Crippen LogP contribution in [0.5, 0.6) is 0 Å². The van der Waals surface area contributed by atoms with Crippen LogP contribution in [0.3, 0.4) is 0 Å². The fraction of sp³-hybridized carbons (Fsp3) is 0.333. The van der Waals surface area contributed by atoms with E-state index < -0.39 is 0 Å². The SMILES string of the molecule is Cc1c(CNCCOCCO)c2ccccc2n1Cc1ccc(Cl)cc1Cl.Cl. The zero-order chi connectivity index (χ0) is 19.2. The Morgan fingerprint density at radius 2 is 1.89 bits per heavy atom. The van der Waals surface area contributed by atoms with E-state index in [9.17, 15) is 0 Å². The van der Waals surface area contributed by atoms with Crippen LogP contribution < -0.4 is 5.32 Å². The Balaban J connectivity index is 0.00000280. The van der Waals surface area contributed by atoms with Crippen LogP contribution in [0.25, 0.3) is 10.9 Å². The van der Waals surface area contributed by atoms with Gasteiger partial charge in [0.2, 0.25) is 0 Å². The quantitative estimate of drug-likeness (QED) is 0.466. The summed E-state index contributed by atoms with van der Waals surface area (Å²) in [5, 5.41) is 14.7. The molecule has 0 spiro atoms. The number of aliphatic hydroxyl groups excluding tert-OH is 1. The van der Waals surface area contributed by atoms with Crippen LogP contribution in [0, 0.1) is 6.92 Å². The number of rotatable bonds is 9. The molecule has 0 atom stereocenters. The minimum atomic E-state index is 0. The highest BCUT2D eigenvalue weighted by Crippen LogP contribution is 2.29. The molecule has 0 unspecified atom stereocenters. The van der Waals surface area contributed by atoms with Gasteiger partial charge in [-0.25, -0.2) is 0 Å². The lowest BCUT2D eigenvalue weighted by atomic mass is 10.1. The molecule has 0 radical (unpaired) electrons. The smallest absolute Gasteiger partial charge is 0.0698 e. The topological polar surface area (TPSA) is 46.4 Å². The van der Waals surface area contributed by atoms with Gasteiger partial charge >= 0.3 is 0 Å². The number of aliphatic hydroxyl groups is 1. The summed E-state index contributed by atoms with van der Waals surface area (Å²) in [5.74, 6) is 0. The third-order valence-corrected chi connectivity index (χ3v) is 5.25. The van der Waals surface area contributed by atoms with Gasteiger partial charge in [0.15, 0.2) is 0 Å². The molecule has 28 heavy (non-hydrogen) atoms. The lowest BCUT2D eigenvalue weighted by molar-refractivity contribution is 0.0938. The number of benzene rings is 2. The first kappa shape index (κ1) is 23.0. The summed E-state index contributed by atoms with van der Waals surface area (Å²) < 4.78 is 7.60. The van der Waals surface area contributed by atoms with Crippen LogP contribution in [0.1, 0.15) is 16.8 Å². The molecule has 152 valence electrons. The lowest BCUT2D eigenvalue weighted by Gasteiger charge is -2.11. The molecule has 0 aliphatic rings. The Kier molecular flexibility index (Phi) is 9.09. The van der Waals surface area contributed by atoms with Gasteiger partial charge in [0.1, 0.15) is 0 Å².